The summed E-state index contributed by atoms with van der Waals surface area (Å²) in [7, 11) is 0. The van der Waals surface area contributed by atoms with E-state index in [9.17, 15) is 4.79 Å². The van der Waals surface area contributed by atoms with Crippen molar-refractivity contribution >= 4 is 11.6 Å². The third kappa shape index (κ3) is 6.77. The van der Waals surface area contributed by atoms with Gasteiger partial charge >= 0.3 is 0 Å². The molecule has 6 heteroatoms. The molecule has 0 aromatic carbocycles. The highest BCUT2D eigenvalue weighted by Crippen LogP contribution is 2.25. The molecule has 124 valence electrons. The van der Waals surface area contributed by atoms with Gasteiger partial charge in [-0.1, -0.05) is 6.08 Å². The third-order valence-corrected chi connectivity index (χ3v) is 3.83. The fourth-order valence-corrected chi connectivity index (χ4v) is 2.63. The van der Waals surface area contributed by atoms with Crippen LogP contribution in [0.3, 0.4) is 0 Å². The van der Waals surface area contributed by atoms with Gasteiger partial charge in [-0.2, -0.15) is 0 Å². The van der Waals surface area contributed by atoms with Gasteiger partial charge in [0.15, 0.2) is 0 Å². The summed E-state index contributed by atoms with van der Waals surface area (Å²) in [4.78, 5) is 16.1. The number of nitrogens with zero attached hydrogens (tertiary/aromatic N) is 1. The number of anilines is 1. The number of hydrogen-bond donors (Lipinski definition) is 2. The van der Waals surface area contributed by atoms with E-state index in [1.807, 2.05) is 18.2 Å². The van der Waals surface area contributed by atoms with Gasteiger partial charge in [0.05, 0.1) is 0 Å². The summed E-state index contributed by atoms with van der Waals surface area (Å²) in [6.45, 7) is 4.71. The van der Waals surface area contributed by atoms with Crippen LogP contribution in [0.5, 0.6) is 0 Å². The number of amides is 1. The number of rotatable bonds is 6. The first-order valence-electron chi connectivity index (χ1n) is 7.34. The molecule has 0 atom stereocenters. The minimum absolute atomic E-state index is 0. The molecule has 2 N–H and O–H groups in total. The van der Waals surface area contributed by atoms with Gasteiger partial charge in [0.2, 0.25) is 5.91 Å². The number of nitrogens with one attached hydrogen (secondary N) is 2. The molecule has 1 aromatic heterocycles. The van der Waals surface area contributed by atoms with Crippen molar-refractivity contribution in [1.29, 1.82) is 0 Å². The van der Waals surface area contributed by atoms with Crippen LogP contribution in [-0.4, -0.2) is 23.5 Å². The Bertz CT molecular complexity index is 434. The summed E-state index contributed by atoms with van der Waals surface area (Å²) < 4.78 is 0. The van der Waals surface area contributed by atoms with E-state index in [1.165, 1.54) is 0 Å². The van der Waals surface area contributed by atoms with Crippen LogP contribution in [-0.2, 0) is 4.79 Å². The molecule has 0 saturated heterocycles. The lowest BCUT2D eigenvalue weighted by atomic mass is 9.85. The van der Waals surface area contributed by atoms with Crippen molar-refractivity contribution in [3.05, 3.63) is 37.2 Å². The Morgan fingerprint density at radius 3 is 2.45 bits per heavy atom. The van der Waals surface area contributed by atoms with E-state index in [-0.39, 0.29) is 36.6 Å². The predicted octanol–water partition coefficient (Wildman–Crippen LogP) is -3.25. The summed E-state index contributed by atoms with van der Waals surface area (Å²) >= 11 is 0. The summed E-state index contributed by atoms with van der Waals surface area (Å²) in [6.07, 6.45) is 10.4. The molecule has 1 aliphatic carbocycles. The lowest BCUT2D eigenvalue weighted by Gasteiger charge is -2.28. The monoisotopic (exact) mass is 343 g/mol. The Kier molecular flexibility index (Phi) is 10.9. The Morgan fingerprint density at radius 1 is 1.23 bits per heavy atom. The third-order valence-electron chi connectivity index (χ3n) is 3.83. The van der Waals surface area contributed by atoms with Gasteiger partial charge in [-0.3, -0.25) is 9.78 Å². The van der Waals surface area contributed by atoms with E-state index in [4.69, 9.17) is 0 Å². The van der Waals surface area contributed by atoms with Crippen LogP contribution in [0, 0.1) is 5.92 Å². The fourth-order valence-electron chi connectivity index (χ4n) is 2.63. The largest absolute Gasteiger partial charge is 1.00 e. The van der Waals surface area contributed by atoms with Crippen molar-refractivity contribution in [1.82, 2.24) is 10.3 Å². The lowest BCUT2D eigenvalue weighted by molar-refractivity contribution is -0.120. The number of carbonyl (C=O) groups excluding carboxylic acids is 1. The SMILES string of the molecule is C=CCCNC1CCC(C(=O)Nc2ccncc2)CC1.[Cl-].[Cl-]. The van der Waals surface area contributed by atoms with E-state index in [2.05, 4.69) is 22.2 Å². The zero-order chi connectivity index (χ0) is 14.2. The van der Waals surface area contributed by atoms with Crippen molar-refractivity contribution in [3.8, 4) is 0 Å². The lowest BCUT2D eigenvalue weighted by Crippen LogP contribution is -3.00. The van der Waals surface area contributed by atoms with E-state index in [1.54, 1.807) is 12.4 Å². The maximum Gasteiger partial charge on any atom is 0.227 e. The average molecular weight is 344 g/mol. The Labute approximate surface area is 145 Å². The second kappa shape index (κ2) is 11.5. The Hall–Kier alpha value is -1.10. The molecular weight excluding hydrogens is 321 g/mol. The highest BCUT2D eigenvalue weighted by atomic mass is 35.5. The minimum Gasteiger partial charge on any atom is -1.00 e. The second-order valence-corrected chi connectivity index (χ2v) is 5.31. The van der Waals surface area contributed by atoms with Crippen molar-refractivity contribution in [2.24, 2.45) is 5.92 Å². The second-order valence-electron chi connectivity index (χ2n) is 5.31. The maximum absolute atomic E-state index is 12.2. The van der Waals surface area contributed by atoms with Gasteiger partial charge in [0.25, 0.3) is 0 Å². The molecule has 1 aromatic rings. The molecule has 0 spiro atoms. The molecule has 1 fully saturated rings. The van der Waals surface area contributed by atoms with Crippen LogP contribution in [0.4, 0.5) is 5.69 Å². The van der Waals surface area contributed by atoms with E-state index >= 15 is 0 Å². The smallest absolute Gasteiger partial charge is 0.227 e. The number of pyridine rings is 1. The summed E-state index contributed by atoms with van der Waals surface area (Å²) in [6, 6.07) is 4.20. The van der Waals surface area contributed by atoms with Crippen LogP contribution in [0.25, 0.3) is 0 Å². The van der Waals surface area contributed by atoms with Crippen LogP contribution in [0.2, 0.25) is 0 Å². The minimum atomic E-state index is 0. The summed E-state index contributed by atoms with van der Waals surface area (Å²) in [5.41, 5.74) is 0.830. The maximum atomic E-state index is 12.2. The zero-order valence-corrected chi connectivity index (χ0v) is 14.1. The Morgan fingerprint density at radius 2 is 1.86 bits per heavy atom. The average Bonchev–Trinajstić information content (AvgIpc) is 2.49. The normalized spacial score (nSPS) is 20.2. The number of halogens is 2. The van der Waals surface area contributed by atoms with Gasteiger partial charge in [-0.05, 0) is 50.8 Å². The van der Waals surface area contributed by atoms with Crippen molar-refractivity contribution in [2.75, 3.05) is 11.9 Å². The first-order chi connectivity index (χ1) is 9.79. The molecule has 22 heavy (non-hydrogen) atoms. The summed E-state index contributed by atoms with van der Waals surface area (Å²) in [5.74, 6) is 0.279. The molecule has 0 unspecified atom stereocenters. The van der Waals surface area contributed by atoms with Crippen molar-refractivity contribution < 1.29 is 29.6 Å². The van der Waals surface area contributed by atoms with Crippen LogP contribution in [0.1, 0.15) is 32.1 Å². The highest BCUT2D eigenvalue weighted by Gasteiger charge is 2.25. The fraction of sp³-hybridized carbons (Fsp3) is 0.500. The molecule has 0 radical (unpaired) electrons. The Balaban J connectivity index is 0.00000220. The van der Waals surface area contributed by atoms with E-state index < -0.39 is 0 Å². The highest BCUT2D eigenvalue weighted by molar-refractivity contribution is 5.92. The van der Waals surface area contributed by atoms with Gasteiger partial charge in [0, 0.05) is 30.0 Å². The molecule has 1 saturated carbocycles. The molecule has 0 bridgehead atoms. The standard InChI is InChI=1S/C16H23N3O.2ClH/c1-2-3-10-18-14-6-4-13(5-7-14)16(20)19-15-8-11-17-12-9-15;;/h2,8-9,11-14,18H,1,3-7,10H2,(H,17,19,20);2*1H/p-2. The van der Waals surface area contributed by atoms with Crippen LogP contribution < -0.4 is 35.4 Å². The number of carbonyl (C=O) groups is 1. The molecule has 1 amide bonds. The van der Waals surface area contributed by atoms with Crippen molar-refractivity contribution in [3.63, 3.8) is 0 Å². The van der Waals surface area contributed by atoms with Gasteiger partial charge in [0.1, 0.15) is 0 Å². The van der Waals surface area contributed by atoms with Crippen molar-refractivity contribution in [2.45, 2.75) is 38.1 Å². The molecule has 2 rings (SSSR count). The number of aromatic nitrogens is 1. The van der Waals surface area contributed by atoms with E-state index in [0.717, 1.165) is 44.3 Å². The first-order valence-corrected chi connectivity index (χ1v) is 7.34. The number of hydrogen-bond acceptors (Lipinski definition) is 3. The van der Waals surface area contributed by atoms with Gasteiger partial charge < -0.3 is 35.4 Å². The quantitative estimate of drug-likeness (QED) is 0.421. The zero-order valence-electron chi connectivity index (χ0n) is 12.6. The van der Waals surface area contributed by atoms with Crippen LogP contribution in [0.15, 0.2) is 37.2 Å². The molecular formula is C16H23Cl2N3O-2. The molecule has 0 aliphatic heterocycles. The summed E-state index contributed by atoms with van der Waals surface area (Å²) in [5, 5.41) is 6.49. The van der Waals surface area contributed by atoms with Crippen LogP contribution >= 0.6 is 0 Å². The molecule has 4 nitrogen and oxygen atoms in total. The molecule has 1 aliphatic rings. The topological polar surface area (TPSA) is 54.0 Å². The predicted molar refractivity (Wildman–Crippen MR) is 81.4 cm³/mol. The van der Waals surface area contributed by atoms with Gasteiger partial charge in [-0.15, -0.1) is 6.58 Å². The van der Waals surface area contributed by atoms with E-state index in [0.29, 0.717) is 6.04 Å². The van der Waals surface area contributed by atoms with Gasteiger partial charge in [-0.25, -0.2) is 0 Å². The first kappa shape index (κ1) is 20.9. The molecule has 1 heterocycles.